The topological polar surface area (TPSA) is 83.0 Å². The highest BCUT2D eigenvalue weighted by Gasteiger charge is 2.25. The van der Waals surface area contributed by atoms with Gasteiger partial charge in [0.1, 0.15) is 5.82 Å². The third-order valence-corrected chi connectivity index (χ3v) is 4.23. The first-order chi connectivity index (χ1) is 7.72. The highest BCUT2D eigenvalue weighted by atomic mass is 32.2. The number of nitrogens with zero attached hydrogens (tertiary/aromatic N) is 1. The lowest BCUT2D eigenvalue weighted by Gasteiger charge is -2.17. The summed E-state index contributed by atoms with van der Waals surface area (Å²) in [6, 6.07) is 1.75. The summed E-state index contributed by atoms with van der Waals surface area (Å²) in [6.07, 6.45) is 4.47. The van der Waals surface area contributed by atoms with Crippen LogP contribution in [0.25, 0.3) is 0 Å². The first kappa shape index (κ1) is 11.4. The SMILES string of the molecule is N=Cc1cc(C(O)C2CCCS2)cnc1N. The van der Waals surface area contributed by atoms with Gasteiger partial charge in [0.15, 0.2) is 0 Å². The molecule has 0 saturated carbocycles. The van der Waals surface area contributed by atoms with Crippen LogP contribution in [0.15, 0.2) is 12.3 Å². The van der Waals surface area contributed by atoms with Crippen LogP contribution >= 0.6 is 11.8 Å². The third kappa shape index (κ3) is 2.20. The van der Waals surface area contributed by atoms with Crippen LogP contribution in [0.1, 0.15) is 30.1 Å². The maximum Gasteiger partial charge on any atom is 0.132 e. The van der Waals surface area contributed by atoms with Gasteiger partial charge in [-0.25, -0.2) is 4.98 Å². The van der Waals surface area contributed by atoms with E-state index in [1.165, 1.54) is 6.21 Å². The van der Waals surface area contributed by atoms with Crippen LogP contribution in [-0.4, -0.2) is 27.3 Å². The number of hydrogen-bond acceptors (Lipinski definition) is 5. The number of aliphatic hydroxyl groups is 1. The molecule has 0 bridgehead atoms. The Morgan fingerprint density at radius 1 is 1.69 bits per heavy atom. The number of nitrogens with two attached hydrogens (primary N) is 1. The standard InChI is InChI=1S/C11H15N3OS/c12-5-7-4-8(6-14-11(7)13)10(15)9-2-1-3-16-9/h4-6,9-10,12,15H,1-3H2,(H2,13,14). The van der Waals surface area contributed by atoms with Crippen molar-refractivity contribution in [2.75, 3.05) is 11.5 Å². The molecule has 16 heavy (non-hydrogen) atoms. The van der Waals surface area contributed by atoms with Gasteiger partial charge >= 0.3 is 0 Å². The molecular weight excluding hydrogens is 222 g/mol. The average Bonchev–Trinajstić information content (AvgIpc) is 2.82. The van der Waals surface area contributed by atoms with E-state index in [9.17, 15) is 5.11 Å². The molecule has 0 spiro atoms. The van der Waals surface area contributed by atoms with E-state index in [-0.39, 0.29) is 5.25 Å². The number of aromatic nitrogens is 1. The molecule has 2 rings (SSSR count). The van der Waals surface area contributed by atoms with Gasteiger partial charge in [0.05, 0.1) is 6.10 Å². The van der Waals surface area contributed by atoms with Gasteiger partial charge in [-0.05, 0) is 24.7 Å². The molecule has 0 aliphatic carbocycles. The summed E-state index contributed by atoms with van der Waals surface area (Å²) in [7, 11) is 0. The van der Waals surface area contributed by atoms with E-state index in [1.54, 1.807) is 24.0 Å². The van der Waals surface area contributed by atoms with E-state index in [0.29, 0.717) is 11.4 Å². The van der Waals surface area contributed by atoms with Gasteiger partial charge < -0.3 is 16.2 Å². The largest absolute Gasteiger partial charge is 0.387 e. The summed E-state index contributed by atoms with van der Waals surface area (Å²) in [5.74, 6) is 1.45. The van der Waals surface area contributed by atoms with Crippen LogP contribution in [0.4, 0.5) is 5.82 Å². The van der Waals surface area contributed by atoms with E-state index in [0.717, 1.165) is 24.2 Å². The normalized spacial score (nSPS) is 21.9. The monoisotopic (exact) mass is 237 g/mol. The Morgan fingerprint density at radius 3 is 3.12 bits per heavy atom. The first-order valence-electron chi connectivity index (χ1n) is 5.28. The van der Waals surface area contributed by atoms with Crippen molar-refractivity contribution in [3.05, 3.63) is 23.4 Å². The smallest absolute Gasteiger partial charge is 0.132 e. The second kappa shape index (κ2) is 4.84. The quantitative estimate of drug-likeness (QED) is 0.697. The van der Waals surface area contributed by atoms with E-state index >= 15 is 0 Å². The van der Waals surface area contributed by atoms with Crippen molar-refractivity contribution in [2.45, 2.75) is 24.2 Å². The molecule has 0 amide bonds. The highest BCUT2D eigenvalue weighted by Crippen LogP contribution is 2.35. The summed E-state index contributed by atoms with van der Waals surface area (Å²) in [5.41, 5.74) is 6.93. The number of thioether (sulfide) groups is 1. The molecule has 0 aromatic carbocycles. The van der Waals surface area contributed by atoms with Crippen molar-refractivity contribution in [1.29, 1.82) is 5.41 Å². The molecule has 1 aliphatic rings. The van der Waals surface area contributed by atoms with Gasteiger partial charge in [-0.2, -0.15) is 11.8 Å². The predicted molar refractivity (Wildman–Crippen MR) is 67.0 cm³/mol. The van der Waals surface area contributed by atoms with E-state index in [1.807, 2.05) is 0 Å². The predicted octanol–water partition coefficient (Wildman–Crippen LogP) is 1.59. The Morgan fingerprint density at radius 2 is 2.50 bits per heavy atom. The minimum absolute atomic E-state index is 0.254. The first-order valence-corrected chi connectivity index (χ1v) is 6.33. The highest BCUT2D eigenvalue weighted by molar-refractivity contribution is 8.00. The molecule has 4 N–H and O–H groups in total. The third-order valence-electron chi connectivity index (χ3n) is 2.78. The molecule has 2 unspecified atom stereocenters. The summed E-state index contributed by atoms with van der Waals surface area (Å²) in [5, 5.41) is 17.6. The zero-order valence-corrected chi connectivity index (χ0v) is 9.70. The van der Waals surface area contributed by atoms with E-state index in [4.69, 9.17) is 11.1 Å². The molecule has 0 radical (unpaired) electrons. The van der Waals surface area contributed by atoms with Crippen molar-refractivity contribution in [1.82, 2.24) is 4.98 Å². The number of rotatable bonds is 3. The molecule has 4 nitrogen and oxygen atoms in total. The van der Waals surface area contributed by atoms with Crippen molar-refractivity contribution < 1.29 is 5.11 Å². The summed E-state index contributed by atoms with van der Waals surface area (Å²) in [4.78, 5) is 4.00. The maximum absolute atomic E-state index is 10.2. The summed E-state index contributed by atoms with van der Waals surface area (Å²) in [6.45, 7) is 0. The minimum atomic E-state index is -0.501. The molecule has 86 valence electrons. The Hall–Kier alpha value is -1.07. The molecule has 1 saturated heterocycles. The van der Waals surface area contributed by atoms with Gasteiger partial charge in [-0.1, -0.05) is 0 Å². The fourth-order valence-corrected chi connectivity index (χ4v) is 3.16. The van der Waals surface area contributed by atoms with Crippen molar-refractivity contribution in [3.8, 4) is 0 Å². The Bertz CT molecular complexity index is 391. The van der Waals surface area contributed by atoms with Crippen molar-refractivity contribution >= 4 is 23.8 Å². The lowest BCUT2D eigenvalue weighted by atomic mass is 10.0. The van der Waals surface area contributed by atoms with Gasteiger partial charge in [-0.3, -0.25) is 0 Å². The molecule has 1 fully saturated rings. The second-order valence-electron chi connectivity index (χ2n) is 3.88. The van der Waals surface area contributed by atoms with Gasteiger partial charge in [-0.15, -0.1) is 0 Å². The number of pyridine rings is 1. The molecule has 1 aromatic heterocycles. The Balaban J connectivity index is 2.22. The number of hydrogen-bond donors (Lipinski definition) is 3. The maximum atomic E-state index is 10.2. The van der Waals surface area contributed by atoms with Crippen LogP contribution < -0.4 is 5.73 Å². The van der Waals surface area contributed by atoms with Gasteiger partial charge in [0, 0.05) is 28.8 Å². The summed E-state index contributed by atoms with van der Waals surface area (Å²) >= 11 is 1.80. The van der Waals surface area contributed by atoms with Crippen LogP contribution in [-0.2, 0) is 0 Å². The average molecular weight is 237 g/mol. The molecule has 2 atom stereocenters. The van der Waals surface area contributed by atoms with Crippen LogP contribution in [0.5, 0.6) is 0 Å². The zero-order valence-electron chi connectivity index (χ0n) is 8.89. The molecule has 1 aliphatic heterocycles. The van der Waals surface area contributed by atoms with Crippen LogP contribution in [0.2, 0.25) is 0 Å². The summed E-state index contributed by atoms with van der Waals surface area (Å²) < 4.78 is 0. The molecule has 5 heteroatoms. The van der Waals surface area contributed by atoms with E-state index < -0.39 is 6.10 Å². The molecular formula is C11H15N3OS. The van der Waals surface area contributed by atoms with Gasteiger partial charge in [0.25, 0.3) is 0 Å². The number of anilines is 1. The van der Waals surface area contributed by atoms with E-state index in [2.05, 4.69) is 4.98 Å². The van der Waals surface area contributed by atoms with Gasteiger partial charge in [0.2, 0.25) is 0 Å². The van der Waals surface area contributed by atoms with Crippen molar-refractivity contribution in [2.24, 2.45) is 0 Å². The second-order valence-corrected chi connectivity index (χ2v) is 5.23. The number of nitrogen functional groups attached to an aromatic ring is 1. The van der Waals surface area contributed by atoms with Crippen LogP contribution in [0, 0.1) is 5.41 Å². The lowest BCUT2D eigenvalue weighted by molar-refractivity contribution is 0.173. The van der Waals surface area contributed by atoms with Crippen molar-refractivity contribution in [3.63, 3.8) is 0 Å². The Labute approximate surface area is 98.8 Å². The fourth-order valence-electron chi connectivity index (χ4n) is 1.85. The molecule has 2 heterocycles. The fraction of sp³-hybridized carbons (Fsp3) is 0.455. The lowest BCUT2D eigenvalue weighted by Crippen LogP contribution is -2.13. The number of aliphatic hydroxyl groups excluding tert-OH is 1. The zero-order chi connectivity index (χ0) is 11.5. The minimum Gasteiger partial charge on any atom is -0.387 e. The van der Waals surface area contributed by atoms with Crippen LogP contribution in [0.3, 0.4) is 0 Å². The Kier molecular flexibility index (Phi) is 3.46. The molecule has 1 aromatic rings. The number of nitrogens with one attached hydrogen (secondary N) is 1.